The summed E-state index contributed by atoms with van der Waals surface area (Å²) in [6, 6.07) is 20.4. The fraction of sp³-hybridized carbons (Fsp3) is 0.455. The van der Waals surface area contributed by atoms with Crippen molar-refractivity contribution in [1.29, 1.82) is 0 Å². The summed E-state index contributed by atoms with van der Waals surface area (Å²) in [5, 5.41) is 3.11. The second-order valence-corrected chi connectivity index (χ2v) is 9.96. The van der Waals surface area contributed by atoms with Crippen LogP contribution in [0.5, 0.6) is 0 Å². The predicted octanol–water partition coefficient (Wildman–Crippen LogP) is 6.63. The smallest absolute Gasteiger partial charge is 0.230 e. The number of ether oxygens (including phenoxy) is 1. The number of likely N-dealkylation sites (tertiary alicyclic amines) is 1. The second-order valence-electron chi connectivity index (χ2n) is 9.96. The molecule has 2 amide bonds. The van der Waals surface area contributed by atoms with Crippen molar-refractivity contribution in [2.24, 2.45) is 5.92 Å². The van der Waals surface area contributed by atoms with E-state index in [1.54, 1.807) is 14.0 Å². The molecule has 2 unspecified atom stereocenters. The van der Waals surface area contributed by atoms with Gasteiger partial charge in [-0.05, 0) is 63.5 Å². The second kappa shape index (κ2) is 15.8. The van der Waals surface area contributed by atoms with Crippen LogP contribution in [0.2, 0.25) is 0 Å². The zero-order chi connectivity index (χ0) is 28.0. The quantitative estimate of drug-likeness (QED) is 0.331. The monoisotopic (exact) mass is 518 g/mol. The standard InChI is InChI=1S/C25H30N2O2.C4H8O.C4H8/c1-2-15-26-24(29)25(20-11-7-4-8-12-20)13-16-27(17-14-25)23(28)22-18-21(22)19-9-5-3-6-10-19;1-4(2)5-3;1-3-4-2/h3-12,21-22H,2,13-18H2,1H3,(H,26,29);1H2,2-3H3;3-4H,1-2H3/b;;4-3-. The molecule has 38 heavy (non-hydrogen) atoms. The molecule has 0 aromatic heterocycles. The minimum atomic E-state index is -0.532. The van der Waals surface area contributed by atoms with Gasteiger partial charge in [-0.1, -0.05) is 86.3 Å². The number of allylic oxidation sites excluding steroid dienone is 3. The van der Waals surface area contributed by atoms with Gasteiger partial charge in [-0.3, -0.25) is 9.59 Å². The number of rotatable bonds is 7. The Labute approximate surface area is 230 Å². The maximum absolute atomic E-state index is 13.1. The topological polar surface area (TPSA) is 58.6 Å². The van der Waals surface area contributed by atoms with Gasteiger partial charge in [0.25, 0.3) is 0 Å². The highest BCUT2D eigenvalue weighted by Crippen LogP contribution is 2.49. The summed E-state index contributed by atoms with van der Waals surface area (Å²) >= 11 is 0. The molecule has 1 heterocycles. The van der Waals surface area contributed by atoms with Crippen LogP contribution in [0.4, 0.5) is 0 Å². The van der Waals surface area contributed by atoms with E-state index in [1.165, 1.54) is 5.56 Å². The molecule has 4 rings (SSSR count). The number of carbonyl (C=O) groups is 2. The Morgan fingerprint density at radius 1 is 1.03 bits per heavy atom. The number of piperidine rings is 1. The molecule has 1 aliphatic carbocycles. The van der Waals surface area contributed by atoms with Crippen molar-refractivity contribution in [3.05, 3.63) is 96.3 Å². The van der Waals surface area contributed by atoms with Crippen LogP contribution in [-0.4, -0.2) is 43.5 Å². The van der Waals surface area contributed by atoms with Gasteiger partial charge < -0.3 is 15.0 Å². The van der Waals surface area contributed by atoms with Gasteiger partial charge >= 0.3 is 0 Å². The lowest BCUT2D eigenvalue weighted by atomic mass is 9.72. The first-order valence-corrected chi connectivity index (χ1v) is 13.8. The third-order valence-corrected chi connectivity index (χ3v) is 7.24. The predicted molar refractivity (Wildman–Crippen MR) is 157 cm³/mol. The number of nitrogens with zero attached hydrogens (tertiary/aromatic N) is 1. The maximum Gasteiger partial charge on any atom is 0.230 e. The van der Waals surface area contributed by atoms with Crippen molar-refractivity contribution in [2.45, 2.75) is 64.7 Å². The number of hydrogen-bond donors (Lipinski definition) is 1. The Kier molecular flexibility index (Phi) is 12.8. The normalized spacial score (nSPS) is 19.2. The van der Waals surface area contributed by atoms with E-state index in [0.29, 0.717) is 38.4 Å². The van der Waals surface area contributed by atoms with Gasteiger partial charge in [-0.25, -0.2) is 0 Å². The van der Waals surface area contributed by atoms with E-state index in [1.807, 2.05) is 67.3 Å². The van der Waals surface area contributed by atoms with Crippen molar-refractivity contribution < 1.29 is 14.3 Å². The Morgan fingerprint density at radius 3 is 2.03 bits per heavy atom. The van der Waals surface area contributed by atoms with Crippen LogP contribution in [-0.2, 0) is 19.7 Å². The van der Waals surface area contributed by atoms with E-state index in [9.17, 15) is 9.59 Å². The Bertz CT molecular complexity index is 1020. The molecule has 1 N–H and O–H groups in total. The van der Waals surface area contributed by atoms with Crippen molar-refractivity contribution in [2.75, 3.05) is 26.7 Å². The lowest BCUT2D eigenvalue weighted by Gasteiger charge is -2.41. The summed E-state index contributed by atoms with van der Waals surface area (Å²) in [5.74, 6) is 1.58. The largest absolute Gasteiger partial charge is 0.502 e. The van der Waals surface area contributed by atoms with Gasteiger partial charge in [0.15, 0.2) is 0 Å². The molecule has 5 heteroatoms. The first-order valence-electron chi connectivity index (χ1n) is 13.8. The van der Waals surface area contributed by atoms with Crippen molar-refractivity contribution in [3.63, 3.8) is 0 Å². The maximum atomic E-state index is 13.1. The minimum Gasteiger partial charge on any atom is -0.502 e. The molecule has 206 valence electrons. The summed E-state index contributed by atoms with van der Waals surface area (Å²) in [5.41, 5.74) is 1.80. The van der Waals surface area contributed by atoms with Crippen LogP contribution in [0.25, 0.3) is 0 Å². The summed E-state index contributed by atoms with van der Waals surface area (Å²) < 4.78 is 4.56. The van der Waals surface area contributed by atoms with Crippen molar-refractivity contribution >= 4 is 11.8 Å². The zero-order valence-electron chi connectivity index (χ0n) is 23.9. The summed E-state index contributed by atoms with van der Waals surface area (Å²) in [7, 11) is 1.60. The molecule has 2 aromatic rings. The van der Waals surface area contributed by atoms with Crippen LogP contribution < -0.4 is 5.32 Å². The van der Waals surface area contributed by atoms with Gasteiger partial charge in [-0.2, -0.15) is 0 Å². The van der Waals surface area contributed by atoms with E-state index >= 15 is 0 Å². The van der Waals surface area contributed by atoms with E-state index in [2.05, 4.69) is 47.8 Å². The Morgan fingerprint density at radius 2 is 1.55 bits per heavy atom. The summed E-state index contributed by atoms with van der Waals surface area (Å²) in [6.45, 7) is 13.3. The average Bonchev–Trinajstić information content (AvgIpc) is 3.78. The van der Waals surface area contributed by atoms with Crippen LogP contribution in [0.3, 0.4) is 0 Å². The fourth-order valence-corrected chi connectivity index (χ4v) is 4.69. The van der Waals surface area contributed by atoms with Crippen LogP contribution in [0.15, 0.2) is 85.2 Å². The number of amides is 2. The number of nitrogens with one attached hydrogen (secondary N) is 1. The molecular formula is C33H46N2O3. The average molecular weight is 519 g/mol. The SMILES string of the molecule is C/C=C\C.C=C(C)OC.CCCNC(=O)C1(c2ccccc2)CCN(C(=O)C2CC2c2ccccc2)CC1. The van der Waals surface area contributed by atoms with E-state index in [0.717, 1.165) is 24.2 Å². The molecule has 1 aliphatic heterocycles. The van der Waals surface area contributed by atoms with E-state index < -0.39 is 5.41 Å². The van der Waals surface area contributed by atoms with Gasteiger partial charge in [0.2, 0.25) is 11.8 Å². The molecule has 2 aromatic carbocycles. The van der Waals surface area contributed by atoms with Gasteiger partial charge in [-0.15, -0.1) is 0 Å². The highest BCUT2D eigenvalue weighted by Gasteiger charge is 2.49. The third kappa shape index (κ3) is 8.61. The summed E-state index contributed by atoms with van der Waals surface area (Å²) in [6.07, 6.45) is 7.23. The first-order chi connectivity index (χ1) is 18.3. The molecule has 5 nitrogen and oxygen atoms in total. The molecule has 1 saturated carbocycles. The Balaban J connectivity index is 0.000000489. The van der Waals surface area contributed by atoms with Crippen LogP contribution in [0, 0.1) is 5.92 Å². The summed E-state index contributed by atoms with van der Waals surface area (Å²) in [4.78, 5) is 28.2. The van der Waals surface area contributed by atoms with Gasteiger partial charge in [0, 0.05) is 25.6 Å². The van der Waals surface area contributed by atoms with Gasteiger partial charge in [0.1, 0.15) is 0 Å². The number of carbonyl (C=O) groups excluding carboxylic acids is 2. The molecular weight excluding hydrogens is 472 g/mol. The minimum absolute atomic E-state index is 0.103. The molecule has 2 aliphatic rings. The third-order valence-electron chi connectivity index (χ3n) is 7.24. The zero-order valence-corrected chi connectivity index (χ0v) is 23.9. The fourth-order valence-electron chi connectivity index (χ4n) is 4.69. The van der Waals surface area contributed by atoms with E-state index in [4.69, 9.17) is 0 Å². The van der Waals surface area contributed by atoms with Gasteiger partial charge in [0.05, 0.1) is 18.3 Å². The highest BCUT2D eigenvalue weighted by molar-refractivity contribution is 5.89. The lowest BCUT2D eigenvalue weighted by Crippen LogP contribution is -2.53. The van der Waals surface area contributed by atoms with Crippen molar-refractivity contribution in [3.8, 4) is 0 Å². The molecule has 2 atom stereocenters. The molecule has 0 spiro atoms. The van der Waals surface area contributed by atoms with Crippen molar-refractivity contribution in [1.82, 2.24) is 10.2 Å². The molecule has 0 bridgehead atoms. The number of methoxy groups -OCH3 is 1. The molecule has 1 saturated heterocycles. The number of hydrogen-bond acceptors (Lipinski definition) is 3. The number of benzene rings is 2. The highest BCUT2D eigenvalue weighted by atomic mass is 16.5. The van der Waals surface area contributed by atoms with Crippen LogP contribution >= 0.6 is 0 Å². The first kappa shape index (κ1) is 30.9. The van der Waals surface area contributed by atoms with Crippen LogP contribution in [0.1, 0.15) is 70.4 Å². The Hall–Kier alpha value is -3.34. The molecule has 2 fully saturated rings. The van der Waals surface area contributed by atoms with E-state index in [-0.39, 0.29) is 17.7 Å². The lowest BCUT2D eigenvalue weighted by molar-refractivity contribution is -0.138. The molecule has 0 radical (unpaired) electrons.